The Kier molecular flexibility index (Phi) is 6.65. The van der Waals surface area contributed by atoms with E-state index in [1.54, 1.807) is 7.11 Å². The highest BCUT2D eigenvalue weighted by atomic mass is 79.9. The highest BCUT2D eigenvalue weighted by molar-refractivity contribution is 9.10. The third-order valence-electron chi connectivity index (χ3n) is 4.57. The van der Waals surface area contributed by atoms with Crippen LogP contribution in [0.15, 0.2) is 46.9 Å². The quantitative estimate of drug-likeness (QED) is 0.431. The summed E-state index contributed by atoms with van der Waals surface area (Å²) in [5.41, 5.74) is 4.46. The summed E-state index contributed by atoms with van der Waals surface area (Å²) in [5, 5.41) is 0.661. The molecule has 3 rings (SSSR count). The van der Waals surface area contributed by atoms with E-state index in [0.717, 1.165) is 38.5 Å². The first-order valence-electron chi connectivity index (χ1n) is 9.28. The van der Waals surface area contributed by atoms with Crippen LogP contribution in [-0.2, 0) is 0 Å². The van der Waals surface area contributed by atoms with E-state index in [2.05, 4.69) is 28.9 Å². The molecule has 0 saturated heterocycles. The highest BCUT2D eigenvalue weighted by Gasteiger charge is 2.21. The minimum atomic E-state index is 0.596. The van der Waals surface area contributed by atoms with E-state index in [1.807, 2.05) is 67.2 Å². The van der Waals surface area contributed by atoms with E-state index in [9.17, 15) is 0 Å². The van der Waals surface area contributed by atoms with Gasteiger partial charge in [0.05, 0.1) is 12.8 Å². The van der Waals surface area contributed by atoms with Crippen LogP contribution in [-0.4, -0.2) is 37.7 Å². The zero-order chi connectivity index (χ0) is 21.1. The summed E-state index contributed by atoms with van der Waals surface area (Å²) in [5.74, 6) is 1.34. The Morgan fingerprint density at radius 2 is 1.83 bits per heavy atom. The normalized spacial score (nSPS) is 10.7. The molecule has 0 aliphatic carbocycles. The number of nitrogens with zero attached hydrogens (tertiary/aromatic N) is 4. The van der Waals surface area contributed by atoms with Crippen LogP contribution in [0, 0.1) is 6.92 Å². The lowest BCUT2D eigenvalue weighted by molar-refractivity contribution is 0.415. The zero-order valence-electron chi connectivity index (χ0n) is 17.2. The molecule has 0 saturated carbocycles. The van der Waals surface area contributed by atoms with Crippen molar-refractivity contribution in [1.82, 2.24) is 9.97 Å². The molecule has 0 radical (unpaired) electrons. The third-order valence-corrected chi connectivity index (χ3v) is 5.50. The van der Waals surface area contributed by atoms with Crippen molar-refractivity contribution in [2.75, 3.05) is 37.5 Å². The van der Waals surface area contributed by atoms with Crippen molar-refractivity contribution in [3.05, 3.63) is 57.7 Å². The summed E-state index contributed by atoms with van der Waals surface area (Å²) in [6.45, 7) is 4.69. The van der Waals surface area contributed by atoms with Crippen LogP contribution >= 0.6 is 27.5 Å². The Morgan fingerprint density at radius 3 is 2.45 bits per heavy atom. The average Bonchev–Trinajstić information content (AvgIpc) is 2.69. The number of hydrogen-bond acceptors (Lipinski definition) is 5. The van der Waals surface area contributed by atoms with Crippen molar-refractivity contribution in [2.45, 2.75) is 13.8 Å². The maximum Gasteiger partial charge on any atom is 0.230 e. The number of halogens is 2. The number of aryl methyl sites for hydroxylation is 1. The van der Waals surface area contributed by atoms with Gasteiger partial charge in [-0.3, -0.25) is 0 Å². The smallest absolute Gasteiger partial charge is 0.230 e. The summed E-state index contributed by atoms with van der Waals surface area (Å²) in [4.78, 5) is 13.6. The van der Waals surface area contributed by atoms with Crippen molar-refractivity contribution < 1.29 is 4.74 Å². The molecule has 5 nitrogen and oxygen atoms in total. The molecule has 0 unspecified atom stereocenters. The van der Waals surface area contributed by atoms with Crippen molar-refractivity contribution in [3.8, 4) is 17.0 Å². The molecule has 0 aliphatic heterocycles. The van der Waals surface area contributed by atoms with Crippen molar-refractivity contribution >= 4 is 44.9 Å². The van der Waals surface area contributed by atoms with Crippen molar-refractivity contribution in [2.24, 2.45) is 0 Å². The van der Waals surface area contributed by atoms with Crippen LogP contribution in [0.5, 0.6) is 5.75 Å². The van der Waals surface area contributed by atoms with Gasteiger partial charge in [0, 0.05) is 53.1 Å². The Hall–Kier alpha value is -2.31. The van der Waals surface area contributed by atoms with Crippen LogP contribution < -0.4 is 14.5 Å². The molecule has 0 aliphatic rings. The Balaban J connectivity index is 2.16. The molecule has 0 bridgehead atoms. The van der Waals surface area contributed by atoms with E-state index >= 15 is 0 Å². The average molecular weight is 476 g/mol. The minimum Gasteiger partial charge on any atom is -0.494 e. The molecular formula is C22H24BrClN4O. The molecule has 0 N–H and O–H groups in total. The first kappa shape index (κ1) is 21.4. The van der Waals surface area contributed by atoms with Gasteiger partial charge in [0.25, 0.3) is 0 Å². The number of aromatic nitrogens is 2. The molecule has 1 heterocycles. The van der Waals surface area contributed by atoms with E-state index in [1.165, 1.54) is 0 Å². The van der Waals surface area contributed by atoms with Gasteiger partial charge in [0.1, 0.15) is 11.4 Å². The van der Waals surface area contributed by atoms with E-state index < -0.39 is 0 Å². The lowest BCUT2D eigenvalue weighted by atomic mass is 10.1. The summed E-state index contributed by atoms with van der Waals surface area (Å²) in [7, 11) is 5.67. The maximum atomic E-state index is 6.41. The molecule has 0 spiro atoms. The molecule has 0 amide bonds. The van der Waals surface area contributed by atoms with Crippen molar-refractivity contribution in [3.63, 3.8) is 0 Å². The number of anilines is 3. The number of methoxy groups -OCH3 is 1. The molecule has 152 valence electrons. The molecule has 29 heavy (non-hydrogen) atoms. The largest absolute Gasteiger partial charge is 0.494 e. The predicted octanol–water partition coefficient (Wildman–Crippen LogP) is 6.10. The van der Waals surface area contributed by atoms with Crippen molar-refractivity contribution in [1.29, 1.82) is 0 Å². The second-order valence-electron chi connectivity index (χ2n) is 6.79. The van der Waals surface area contributed by atoms with Gasteiger partial charge in [-0.2, -0.15) is 0 Å². The number of hydrogen-bond donors (Lipinski definition) is 0. The van der Waals surface area contributed by atoms with E-state index in [4.69, 9.17) is 26.3 Å². The first-order chi connectivity index (χ1) is 13.8. The van der Waals surface area contributed by atoms with Crippen LogP contribution in [0.1, 0.15) is 12.6 Å². The molecule has 3 aromatic rings. The molecule has 2 aromatic carbocycles. The third kappa shape index (κ3) is 4.49. The predicted molar refractivity (Wildman–Crippen MR) is 125 cm³/mol. The van der Waals surface area contributed by atoms with Crippen LogP contribution in [0.3, 0.4) is 0 Å². The summed E-state index contributed by atoms with van der Waals surface area (Å²) >= 11 is 10.1. The Morgan fingerprint density at radius 1 is 1.10 bits per heavy atom. The fourth-order valence-corrected chi connectivity index (χ4v) is 3.99. The van der Waals surface area contributed by atoms with Crippen LogP contribution in [0.25, 0.3) is 11.3 Å². The van der Waals surface area contributed by atoms with Gasteiger partial charge in [-0.05, 0) is 48.0 Å². The SMILES string of the molecule is CCN(c1nc(C)cc(-c2ccccc2Cl)n1)c1c(Br)cc(N(C)C)cc1OC. The topological polar surface area (TPSA) is 41.5 Å². The lowest BCUT2D eigenvalue weighted by Gasteiger charge is -2.26. The summed E-state index contributed by atoms with van der Waals surface area (Å²) < 4.78 is 6.62. The monoisotopic (exact) mass is 474 g/mol. The maximum absolute atomic E-state index is 6.41. The molecule has 0 fully saturated rings. The second-order valence-corrected chi connectivity index (χ2v) is 8.05. The summed E-state index contributed by atoms with van der Waals surface area (Å²) in [6.07, 6.45) is 0. The van der Waals surface area contributed by atoms with Gasteiger partial charge in [-0.25, -0.2) is 9.97 Å². The van der Waals surface area contributed by atoms with E-state index in [0.29, 0.717) is 17.5 Å². The van der Waals surface area contributed by atoms with Gasteiger partial charge >= 0.3 is 0 Å². The standard InChI is InChI=1S/C22H24BrClN4O/c1-6-28(21-17(23)12-15(27(3)4)13-20(21)29-5)22-25-14(2)11-19(26-22)16-9-7-8-10-18(16)24/h7-13H,6H2,1-5H3. The van der Waals surface area contributed by atoms with Gasteiger partial charge < -0.3 is 14.5 Å². The van der Waals surface area contributed by atoms with Gasteiger partial charge in [0.2, 0.25) is 5.95 Å². The fraction of sp³-hybridized carbons (Fsp3) is 0.273. The number of ether oxygens (including phenoxy) is 1. The molecule has 7 heteroatoms. The lowest BCUT2D eigenvalue weighted by Crippen LogP contribution is -2.21. The van der Waals surface area contributed by atoms with E-state index in [-0.39, 0.29) is 0 Å². The minimum absolute atomic E-state index is 0.596. The van der Waals surface area contributed by atoms with Gasteiger partial charge in [-0.15, -0.1) is 0 Å². The highest BCUT2D eigenvalue weighted by Crippen LogP contribution is 2.42. The van der Waals surface area contributed by atoms with Gasteiger partial charge in [-0.1, -0.05) is 29.8 Å². The molecule has 0 atom stereocenters. The first-order valence-corrected chi connectivity index (χ1v) is 10.5. The van der Waals surface area contributed by atoms with Crippen LogP contribution in [0.2, 0.25) is 5.02 Å². The Labute approximate surface area is 185 Å². The fourth-order valence-electron chi connectivity index (χ4n) is 3.12. The second kappa shape index (κ2) is 9.01. The Bertz CT molecular complexity index is 1030. The summed E-state index contributed by atoms with van der Waals surface area (Å²) in [6, 6.07) is 13.7. The van der Waals surface area contributed by atoms with Gasteiger partial charge in [0.15, 0.2) is 0 Å². The number of benzene rings is 2. The van der Waals surface area contributed by atoms with Crippen LogP contribution in [0.4, 0.5) is 17.3 Å². The molecule has 1 aromatic heterocycles. The number of rotatable bonds is 6. The molecular weight excluding hydrogens is 452 g/mol. The zero-order valence-corrected chi connectivity index (χ0v) is 19.5.